The minimum atomic E-state index is 0.582. The van der Waals surface area contributed by atoms with Crippen molar-refractivity contribution in [1.82, 2.24) is 15.3 Å². The Kier molecular flexibility index (Phi) is 3.65. The van der Waals surface area contributed by atoms with Gasteiger partial charge in [0.1, 0.15) is 0 Å². The summed E-state index contributed by atoms with van der Waals surface area (Å²) in [6.07, 6.45) is 6.89. The molecule has 0 radical (unpaired) electrons. The van der Waals surface area contributed by atoms with Crippen molar-refractivity contribution in [2.24, 2.45) is 23.2 Å². The number of nitrogens with zero attached hydrogens (tertiary/aromatic N) is 1. The highest BCUT2D eigenvalue weighted by Crippen LogP contribution is 2.61. The summed E-state index contributed by atoms with van der Waals surface area (Å²) >= 11 is 0. The van der Waals surface area contributed by atoms with E-state index in [4.69, 9.17) is 0 Å². The van der Waals surface area contributed by atoms with Crippen LogP contribution in [0.4, 0.5) is 0 Å². The van der Waals surface area contributed by atoms with E-state index in [1.54, 1.807) is 0 Å². The molecule has 0 aliphatic heterocycles. The molecule has 0 saturated heterocycles. The van der Waals surface area contributed by atoms with E-state index in [-0.39, 0.29) is 0 Å². The summed E-state index contributed by atoms with van der Waals surface area (Å²) in [6, 6.07) is 0.685. The fraction of sp³-hybridized carbons (Fsp3) is 0.824. The van der Waals surface area contributed by atoms with Crippen LogP contribution in [-0.2, 0) is 13.0 Å². The summed E-state index contributed by atoms with van der Waals surface area (Å²) in [4.78, 5) is 7.75. The smallest absolute Gasteiger partial charge is 0.0925 e. The largest absolute Gasteiger partial charge is 0.347 e. The monoisotopic (exact) mass is 275 g/mol. The number of hydrogen-bond acceptors (Lipinski definition) is 2. The minimum Gasteiger partial charge on any atom is -0.347 e. The molecule has 3 saturated carbocycles. The number of rotatable bonds is 5. The van der Waals surface area contributed by atoms with Crippen LogP contribution in [0.1, 0.15) is 58.3 Å². The fourth-order valence-electron chi connectivity index (χ4n) is 4.61. The molecular formula is C17H29N3. The number of fused-ring (bicyclic) bond motifs is 2. The van der Waals surface area contributed by atoms with Crippen molar-refractivity contribution in [3.05, 3.63) is 17.7 Å². The average Bonchev–Trinajstić information content (AvgIpc) is 2.85. The van der Waals surface area contributed by atoms with Crippen LogP contribution in [0.15, 0.2) is 6.33 Å². The lowest BCUT2D eigenvalue weighted by Gasteiger charge is -2.62. The van der Waals surface area contributed by atoms with Crippen molar-refractivity contribution in [2.75, 3.05) is 0 Å². The molecule has 112 valence electrons. The van der Waals surface area contributed by atoms with Gasteiger partial charge in [-0.3, -0.25) is 0 Å². The van der Waals surface area contributed by atoms with Crippen molar-refractivity contribution < 1.29 is 0 Å². The lowest BCUT2D eigenvalue weighted by atomic mass is 9.45. The Morgan fingerprint density at radius 3 is 2.85 bits per heavy atom. The number of nitrogens with one attached hydrogen (secondary N) is 2. The predicted octanol–water partition coefficient (Wildman–Crippen LogP) is 3.52. The van der Waals surface area contributed by atoms with Gasteiger partial charge in [0, 0.05) is 12.6 Å². The molecule has 3 nitrogen and oxygen atoms in total. The summed E-state index contributed by atoms with van der Waals surface area (Å²) in [5, 5.41) is 3.80. The quantitative estimate of drug-likeness (QED) is 0.863. The van der Waals surface area contributed by atoms with Crippen LogP contribution in [0.5, 0.6) is 0 Å². The second-order valence-corrected chi connectivity index (χ2v) is 7.52. The van der Waals surface area contributed by atoms with E-state index in [2.05, 4.69) is 43.0 Å². The first kappa shape index (κ1) is 14.1. The third-order valence-corrected chi connectivity index (χ3v) is 6.19. The number of imidazole rings is 1. The van der Waals surface area contributed by atoms with Gasteiger partial charge >= 0.3 is 0 Å². The van der Waals surface area contributed by atoms with Gasteiger partial charge in [-0.25, -0.2) is 4.98 Å². The normalized spacial score (nSPS) is 34.8. The van der Waals surface area contributed by atoms with Gasteiger partial charge in [-0.05, 0) is 42.4 Å². The molecule has 0 unspecified atom stereocenters. The van der Waals surface area contributed by atoms with E-state index >= 15 is 0 Å². The minimum absolute atomic E-state index is 0.582. The van der Waals surface area contributed by atoms with Crippen molar-refractivity contribution >= 4 is 0 Å². The molecule has 2 N–H and O–H groups in total. The SMILES string of the molecule is CCCc1nc[nH]c1CN[C@@H]1C[C@@H]2C[C@H]([C@H]1C)C2(C)C. The van der Waals surface area contributed by atoms with E-state index in [9.17, 15) is 0 Å². The molecule has 0 spiro atoms. The lowest BCUT2D eigenvalue weighted by molar-refractivity contribution is -0.115. The maximum atomic E-state index is 4.44. The molecule has 4 rings (SSSR count). The number of aryl methyl sites for hydroxylation is 1. The average molecular weight is 275 g/mol. The van der Waals surface area contributed by atoms with Crippen LogP contribution in [0.2, 0.25) is 0 Å². The zero-order valence-corrected chi connectivity index (χ0v) is 13.4. The number of hydrogen-bond donors (Lipinski definition) is 2. The number of aromatic nitrogens is 2. The second kappa shape index (κ2) is 5.18. The van der Waals surface area contributed by atoms with Crippen molar-refractivity contribution in [3.63, 3.8) is 0 Å². The maximum absolute atomic E-state index is 4.44. The molecule has 4 atom stereocenters. The van der Waals surface area contributed by atoms with Gasteiger partial charge in [0.15, 0.2) is 0 Å². The van der Waals surface area contributed by atoms with Gasteiger partial charge in [-0.1, -0.05) is 34.1 Å². The van der Waals surface area contributed by atoms with Gasteiger partial charge in [0.25, 0.3) is 0 Å². The molecule has 1 aromatic rings. The Morgan fingerprint density at radius 2 is 2.20 bits per heavy atom. The summed E-state index contributed by atoms with van der Waals surface area (Å²) in [5.41, 5.74) is 3.12. The first-order valence-corrected chi connectivity index (χ1v) is 8.28. The Balaban J connectivity index is 1.58. The molecular weight excluding hydrogens is 246 g/mol. The third kappa shape index (κ3) is 2.20. The molecule has 20 heavy (non-hydrogen) atoms. The highest BCUT2D eigenvalue weighted by molar-refractivity contribution is 5.12. The van der Waals surface area contributed by atoms with Crippen LogP contribution < -0.4 is 5.32 Å². The van der Waals surface area contributed by atoms with Crippen LogP contribution in [-0.4, -0.2) is 16.0 Å². The summed E-state index contributed by atoms with van der Waals surface area (Å²) < 4.78 is 0. The second-order valence-electron chi connectivity index (χ2n) is 7.52. The highest BCUT2D eigenvalue weighted by Gasteiger charge is 2.55. The van der Waals surface area contributed by atoms with Crippen molar-refractivity contribution in [3.8, 4) is 0 Å². The summed E-state index contributed by atoms with van der Waals surface area (Å²) in [6.45, 7) is 10.5. The van der Waals surface area contributed by atoms with E-state index in [0.29, 0.717) is 11.5 Å². The van der Waals surface area contributed by atoms with Gasteiger partial charge in [-0.15, -0.1) is 0 Å². The zero-order chi connectivity index (χ0) is 14.3. The molecule has 0 aromatic carbocycles. The highest BCUT2D eigenvalue weighted by atomic mass is 15.0. The van der Waals surface area contributed by atoms with Crippen LogP contribution in [0.25, 0.3) is 0 Å². The molecule has 0 amide bonds. The predicted molar refractivity (Wildman–Crippen MR) is 82.4 cm³/mol. The fourth-order valence-corrected chi connectivity index (χ4v) is 4.61. The van der Waals surface area contributed by atoms with E-state index < -0.39 is 0 Å². The first-order chi connectivity index (χ1) is 9.54. The third-order valence-electron chi connectivity index (χ3n) is 6.19. The van der Waals surface area contributed by atoms with Crippen LogP contribution >= 0.6 is 0 Å². The number of H-pyrrole nitrogens is 1. The van der Waals surface area contributed by atoms with Gasteiger partial charge < -0.3 is 10.3 Å². The Hall–Kier alpha value is -0.830. The van der Waals surface area contributed by atoms with E-state index in [1.165, 1.54) is 24.2 Å². The van der Waals surface area contributed by atoms with Crippen LogP contribution in [0, 0.1) is 23.2 Å². The van der Waals surface area contributed by atoms with E-state index in [0.717, 1.165) is 37.1 Å². The Labute approximate surface area is 123 Å². The molecule has 1 aromatic heterocycles. The molecule has 3 aliphatic rings. The van der Waals surface area contributed by atoms with Gasteiger partial charge in [0.2, 0.25) is 0 Å². The van der Waals surface area contributed by atoms with Crippen molar-refractivity contribution in [1.29, 1.82) is 0 Å². The van der Waals surface area contributed by atoms with Crippen molar-refractivity contribution in [2.45, 2.75) is 66.0 Å². The first-order valence-electron chi connectivity index (χ1n) is 8.28. The zero-order valence-electron chi connectivity index (χ0n) is 13.4. The molecule has 1 heterocycles. The summed E-state index contributed by atoms with van der Waals surface area (Å²) in [5.74, 6) is 2.64. The van der Waals surface area contributed by atoms with Gasteiger partial charge in [-0.2, -0.15) is 0 Å². The lowest BCUT2D eigenvalue weighted by Crippen LogP contribution is -2.59. The maximum Gasteiger partial charge on any atom is 0.0925 e. The van der Waals surface area contributed by atoms with Gasteiger partial charge in [0.05, 0.1) is 17.7 Å². The Bertz CT molecular complexity index is 463. The molecule has 3 heteroatoms. The molecule has 3 aliphatic carbocycles. The number of aromatic amines is 1. The standard InChI is InChI=1S/C17H29N3/c1-5-6-14-16(20-10-19-14)9-18-15-8-12-7-13(11(15)2)17(12,3)4/h10-13,15,18H,5-9H2,1-4H3,(H,19,20)/t11-,12+,13-,15-/m1/s1. The van der Waals surface area contributed by atoms with E-state index in [1.807, 2.05) is 6.33 Å². The molecule has 3 fully saturated rings. The summed E-state index contributed by atoms with van der Waals surface area (Å²) in [7, 11) is 0. The van der Waals surface area contributed by atoms with Crippen LogP contribution in [0.3, 0.4) is 0 Å². The molecule has 2 bridgehead atoms. The topological polar surface area (TPSA) is 40.7 Å². The Morgan fingerprint density at radius 1 is 1.40 bits per heavy atom.